The molecular formula is C16H23ClN6O. The molecule has 1 aromatic carbocycles. The highest BCUT2D eigenvalue weighted by Gasteiger charge is 2.07. The van der Waals surface area contributed by atoms with Crippen LogP contribution in [-0.2, 0) is 13.1 Å². The van der Waals surface area contributed by atoms with Gasteiger partial charge in [0.2, 0.25) is 0 Å². The standard InChI is InChI=1S/C16H23ClN6O/c1-4-23-11-21-22-15(23)10-20-16(18-3)19-9-12(2)24-14-7-5-13(17)6-8-14/h5-8,11-12H,4,9-10H2,1-3H3,(H2,18,19,20). The lowest BCUT2D eigenvalue weighted by Crippen LogP contribution is -2.41. The molecule has 7 nitrogen and oxygen atoms in total. The van der Waals surface area contributed by atoms with E-state index in [0.717, 1.165) is 18.1 Å². The molecule has 130 valence electrons. The molecule has 2 N–H and O–H groups in total. The van der Waals surface area contributed by atoms with Crippen molar-refractivity contribution in [3.05, 3.63) is 41.4 Å². The van der Waals surface area contributed by atoms with Crippen molar-refractivity contribution in [2.45, 2.75) is 33.0 Å². The Balaban J connectivity index is 1.77. The topological polar surface area (TPSA) is 76.4 Å². The number of rotatable bonds is 7. The van der Waals surface area contributed by atoms with Crippen molar-refractivity contribution >= 4 is 17.6 Å². The summed E-state index contributed by atoms with van der Waals surface area (Å²) in [5, 5.41) is 15.1. The smallest absolute Gasteiger partial charge is 0.191 e. The maximum absolute atomic E-state index is 5.87. The molecule has 0 aliphatic heterocycles. The molecule has 2 rings (SSSR count). The van der Waals surface area contributed by atoms with E-state index >= 15 is 0 Å². The lowest BCUT2D eigenvalue weighted by molar-refractivity contribution is 0.224. The molecule has 0 aliphatic rings. The summed E-state index contributed by atoms with van der Waals surface area (Å²) in [7, 11) is 1.73. The van der Waals surface area contributed by atoms with E-state index in [4.69, 9.17) is 16.3 Å². The molecule has 24 heavy (non-hydrogen) atoms. The summed E-state index contributed by atoms with van der Waals surface area (Å²) in [5.41, 5.74) is 0. The van der Waals surface area contributed by atoms with Gasteiger partial charge in [-0.15, -0.1) is 10.2 Å². The molecule has 1 heterocycles. The van der Waals surface area contributed by atoms with Crippen molar-refractivity contribution in [1.82, 2.24) is 25.4 Å². The second kappa shape index (κ2) is 9.12. The molecule has 0 saturated carbocycles. The van der Waals surface area contributed by atoms with E-state index in [1.165, 1.54) is 0 Å². The van der Waals surface area contributed by atoms with Gasteiger partial charge in [0.05, 0.1) is 13.1 Å². The van der Waals surface area contributed by atoms with Crippen LogP contribution in [0.4, 0.5) is 0 Å². The van der Waals surface area contributed by atoms with E-state index in [9.17, 15) is 0 Å². The summed E-state index contributed by atoms with van der Waals surface area (Å²) in [6.45, 7) is 6.04. The Morgan fingerprint density at radius 1 is 1.33 bits per heavy atom. The molecule has 0 amide bonds. The number of nitrogens with zero attached hydrogens (tertiary/aromatic N) is 4. The van der Waals surface area contributed by atoms with E-state index < -0.39 is 0 Å². The monoisotopic (exact) mass is 350 g/mol. The summed E-state index contributed by atoms with van der Waals surface area (Å²) in [6, 6.07) is 7.32. The number of aliphatic imine (C=N–C) groups is 1. The van der Waals surface area contributed by atoms with Crippen LogP contribution >= 0.6 is 11.6 Å². The summed E-state index contributed by atoms with van der Waals surface area (Å²) in [5.74, 6) is 2.34. The van der Waals surface area contributed by atoms with Gasteiger partial charge in [-0.25, -0.2) is 0 Å². The number of benzene rings is 1. The van der Waals surface area contributed by atoms with E-state index in [1.54, 1.807) is 25.5 Å². The van der Waals surface area contributed by atoms with Gasteiger partial charge in [0.25, 0.3) is 0 Å². The minimum absolute atomic E-state index is 0.0241. The van der Waals surface area contributed by atoms with Gasteiger partial charge in [-0.1, -0.05) is 11.6 Å². The van der Waals surface area contributed by atoms with Crippen molar-refractivity contribution in [3.63, 3.8) is 0 Å². The fraction of sp³-hybridized carbons (Fsp3) is 0.438. The number of aromatic nitrogens is 3. The Morgan fingerprint density at radius 2 is 2.08 bits per heavy atom. The highest BCUT2D eigenvalue weighted by molar-refractivity contribution is 6.30. The fourth-order valence-electron chi connectivity index (χ4n) is 2.09. The first-order valence-electron chi connectivity index (χ1n) is 7.85. The predicted molar refractivity (Wildman–Crippen MR) is 95.4 cm³/mol. The molecular weight excluding hydrogens is 328 g/mol. The van der Waals surface area contributed by atoms with Gasteiger partial charge < -0.3 is 19.9 Å². The highest BCUT2D eigenvalue weighted by Crippen LogP contribution is 2.16. The third-order valence-corrected chi connectivity index (χ3v) is 3.63. The van der Waals surface area contributed by atoms with Crippen molar-refractivity contribution < 1.29 is 4.74 Å². The quantitative estimate of drug-likeness (QED) is 0.590. The molecule has 0 aliphatic carbocycles. The number of hydrogen-bond acceptors (Lipinski definition) is 4. The van der Waals surface area contributed by atoms with Gasteiger partial charge in [0.1, 0.15) is 18.2 Å². The Kier molecular flexibility index (Phi) is 6.87. The summed E-state index contributed by atoms with van der Waals surface area (Å²) in [4.78, 5) is 4.20. The van der Waals surface area contributed by atoms with Crippen LogP contribution in [0.5, 0.6) is 5.75 Å². The van der Waals surface area contributed by atoms with Crippen molar-refractivity contribution in [3.8, 4) is 5.75 Å². The fourth-order valence-corrected chi connectivity index (χ4v) is 2.22. The second-order valence-corrected chi connectivity index (χ2v) is 5.66. The van der Waals surface area contributed by atoms with Crippen LogP contribution in [0.25, 0.3) is 0 Å². The first kappa shape index (κ1) is 18.1. The minimum atomic E-state index is -0.0241. The highest BCUT2D eigenvalue weighted by atomic mass is 35.5. The zero-order valence-corrected chi connectivity index (χ0v) is 14.9. The number of halogens is 1. The van der Waals surface area contributed by atoms with Crippen LogP contribution in [0.15, 0.2) is 35.6 Å². The van der Waals surface area contributed by atoms with Crippen LogP contribution in [0.2, 0.25) is 5.02 Å². The van der Waals surface area contributed by atoms with Crippen molar-refractivity contribution in [1.29, 1.82) is 0 Å². The predicted octanol–water partition coefficient (Wildman–Crippen LogP) is 2.08. The van der Waals surface area contributed by atoms with E-state index in [0.29, 0.717) is 24.1 Å². The summed E-state index contributed by atoms with van der Waals surface area (Å²) < 4.78 is 7.80. The molecule has 0 radical (unpaired) electrons. The van der Waals surface area contributed by atoms with Gasteiger partial charge in [-0.3, -0.25) is 4.99 Å². The molecule has 0 spiro atoms. The van der Waals surface area contributed by atoms with Crippen molar-refractivity contribution in [2.75, 3.05) is 13.6 Å². The Morgan fingerprint density at radius 3 is 2.75 bits per heavy atom. The lowest BCUT2D eigenvalue weighted by atomic mass is 10.3. The van der Waals surface area contributed by atoms with Crippen LogP contribution in [0, 0.1) is 0 Å². The molecule has 1 unspecified atom stereocenters. The zero-order chi connectivity index (χ0) is 17.4. The third-order valence-electron chi connectivity index (χ3n) is 3.38. The lowest BCUT2D eigenvalue weighted by Gasteiger charge is -2.17. The van der Waals surface area contributed by atoms with Crippen LogP contribution in [-0.4, -0.2) is 40.4 Å². The molecule has 1 aromatic heterocycles. The number of aryl methyl sites for hydroxylation is 1. The Labute approximate surface area is 147 Å². The van der Waals surface area contributed by atoms with Crippen LogP contribution in [0.1, 0.15) is 19.7 Å². The van der Waals surface area contributed by atoms with Gasteiger partial charge in [-0.05, 0) is 38.1 Å². The molecule has 1 atom stereocenters. The third kappa shape index (κ3) is 5.42. The van der Waals surface area contributed by atoms with Crippen LogP contribution < -0.4 is 15.4 Å². The van der Waals surface area contributed by atoms with Crippen molar-refractivity contribution in [2.24, 2.45) is 4.99 Å². The van der Waals surface area contributed by atoms with E-state index in [2.05, 4.69) is 32.7 Å². The molecule has 0 bridgehead atoms. The maximum atomic E-state index is 5.87. The van der Waals surface area contributed by atoms with E-state index in [-0.39, 0.29) is 6.10 Å². The number of guanidine groups is 1. The minimum Gasteiger partial charge on any atom is -0.489 e. The van der Waals surface area contributed by atoms with Gasteiger partial charge in [-0.2, -0.15) is 0 Å². The Bertz CT molecular complexity index is 655. The number of hydrogen-bond donors (Lipinski definition) is 2. The normalized spacial score (nSPS) is 12.8. The van der Waals surface area contributed by atoms with Gasteiger partial charge in [0, 0.05) is 18.6 Å². The number of nitrogens with one attached hydrogen (secondary N) is 2. The number of ether oxygens (including phenoxy) is 1. The summed E-state index contributed by atoms with van der Waals surface area (Å²) in [6.07, 6.45) is 1.69. The molecule has 0 fully saturated rings. The zero-order valence-electron chi connectivity index (χ0n) is 14.2. The van der Waals surface area contributed by atoms with Gasteiger partial charge >= 0.3 is 0 Å². The average molecular weight is 351 g/mol. The maximum Gasteiger partial charge on any atom is 0.191 e. The summed E-state index contributed by atoms with van der Waals surface area (Å²) >= 11 is 5.87. The average Bonchev–Trinajstić information content (AvgIpc) is 3.04. The first-order valence-corrected chi connectivity index (χ1v) is 8.23. The molecule has 2 aromatic rings. The largest absolute Gasteiger partial charge is 0.489 e. The Hall–Kier alpha value is -2.28. The molecule has 0 saturated heterocycles. The first-order chi connectivity index (χ1) is 11.6. The van der Waals surface area contributed by atoms with Gasteiger partial charge in [0.15, 0.2) is 11.8 Å². The SMILES string of the molecule is CCn1cnnc1CNC(=NC)NCC(C)Oc1ccc(Cl)cc1. The van der Waals surface area contributed by atoms with E-state index in [1.807, 2.05) is 23.6 Å². The molecule has 8 heteroatoms. The second-order valence-electron chi connectivity index (χ2n) is 5.22. The van der Waals surface area contributed by atoms with Crippen LogP contribution in [0.3, 0.4) is 0 Å².